The van der Waals surface area contributed by atoms with Gasteiger partial charge in [0.1, 0.15) is 17.2 Å². The van der Waals surface area contributed by atoms with Crippen molar-refractivity contribution < 1.29 is 32.8 Å². The molecule has 0 spiro atoms. The zero-order valence-corrected chi connectivity index (χ0v) is 17.4. The molecule has 0 aliphatic carbocycles. The molecule has 1 atom stereocenters. The van der Waals surface area contributed by atoms with Gasteiger partial charge >= 0.3 is 13.8 Å². The molecule has 0 radical (unpaired) electrons. The zero-order valence-electron chi connectivity index (χ0n) is 16.5. The fourth-order valence-corrected chi connectivity index (χ4v) is 3.61. The van der Waals surface area contributed by atoms with Crippen molar-refractivity contribution in [2.45, 2.75) is 6.42 Å². The van der Waals surface area contributed by atoms with Crippen molar-refractivity contribution in [3.63, 3.8) is 0 Å². The lowest BCUT2D eigenvalue weighted by atomic mass is 10.00. The van der Waals surface area contributed by atoms with Gasteiger partial charge in [0.2, 0.25) is 0 Å². The van der Waals surface area contributed by atoms with Crippen LogP contribution in [0.3, 0.4) is 0 Å². The molecule has 1 unspecified atom stereocenters. The lowest BCUT2D eigenvalue weighted by Gasteiger charge is -2.14. The molecule has 0 fully saturated rings. The molecule has 3 rings (SSSR count). The van der Waals surface area contributed by atoms with Gasteiger partial charge in [-0.2, -0.15) is 0 Å². The summed E-state index contributed by atoms with van der Waals surface area (Å²) >= 11 is 0. The Bertz CT molecular complexity index is 1050. The summed E-state index contributed by atoms with van der Waals surface area (Å²) in [6.45, 7) is 0. The average Bonchev–Trinajstić information content (AvgIpc) is 2.75. The summed E-state index contributed by atoms with van der Waals surface area (Å²) in [6, 6.07) is 20.0. The monoisotopic (exact) mass is 428 g/mol. The Morgan fingerprint density at radius 2 is 1.37 bits per heavy atom. The van der Waals surface area contributed by atoms with Gasteiger partial charge in [-0.3, -0.25) is 4.89 Å². The minimum atomic E-state index is -4.37. The summed E-state index contributed by atoms with van der Waals surface area (Å²) in [6.07, 6.45) is 0.491. The van der Waals surface area contributed by atoms with Gasteiger partial charge in [0.15, 0.2) is 0 Å². The third-order valence-electron chi connectivity index (χ3n) is 4.24. The van der Waals surface area contributed by atoms with Crippen LogP contribution in [0.25, 0.3) is 0 Å². The second kappa shape index (κ2) is 9.48. The molecule has 7 nitrogen and oxygen atoms in total. The van der Waals surface area contributed by atoms with Crippen molar-refractivity contribution in [2.75, 3.05) is 14.2 Å². The van der Waals surface area contributed by atoms with Crippen molar-refractivity contribution in [1.29, 1.82) is 0 Å². The molecule has 8 heteroatoms. The average molecular weight is 428 g/mol. The highest BCUT2D eigenvalue weighted by molar-refractivity contribution is 7.48. The van der Waals surface area contributed by atoms with Crippen molar-refractivity contribution in [3.05, 3.63) is 89.5 Å². The minimum Gasteiger partial charge on any atom is -0.497 e. The number of rotatable bonds is 8. The number of hydrogen-bond donors (Lipinski definition) is 1. The largest absolute Gasteiger partial charge is 0.584 e. The molecule has 0 bridgehead atoms. The third-order valence-corrected chi connectivity index (χ3v) is 5.12. The van der Waals surface area contributed by atoms with Gasteiger partial charge in [-0.1, -0.05) is 30.3 Å². The number of benzene rings is 3. The summed E-state index contributed by atoms with van der Waals surface area (Å²) < 4.78 is 32.3. The van der Waals surface area contributed by atoms with Gasteiger partial charge in [-0.05, 0) is 60.0 Å². The predicted octanol–water partition coefficient (Wildman–Crippen LogP) is 4.63. The fourth-order valence-electron chi connectivity index (χ4n) is 2.79. The molecular formula is C22H21O7P. The van der Waals surface area contributed by atoms with E-state index in [9.17, 15) is 14.3 Å². The molecule has 3 aromatic carbocycles. The number of methoxy groups -OCH3 is 2. The normalized spacial score (nSPS) is 12.5. The Labute approximate surface area is 174 Å². The standard InChI is InChI=1S/C22H21O7P/c1-26-18-11-13-20(14-12-18)29-30(24,25)28-19-9-7-16(8-10-19)15-17-5-3-4-6-21(17)22(23)27-2/h3-14H,15H2,1-2H3,(H,24,25). The quantitative estimate of drug-likeness (QED) is 0.413. The topological polar surface area (TPSA) is 91.3 Å². The molecule has 0 saturated carbocycles. The maximum Gasteiger partial charge on any atom is 0.584 e. The first kappa shape index (κ1) is 21.4. The van der Waals surface area contributed by atoms with Crippen LogP contribution in [-0.2, 0) is 15.7 Å². The summed E-state index contributed by atoms with van der Waals surface area (Å²) in [5.74, 6) is 0.555. The minimum absolute atomic E-state index is 0.178. The van der Waals surface area contributed by atoms with E-state index in [1.54, 1.807) is 48.5 Å². The lowest BCUT2D eigenvalue weighted by Crippen LogP contribution is -2.06. The predicted molar refractivity (Wildman–Crippen MR) is 111 cm³/mol. The number of ether oxygens (including phenoxy) is 2. The van der Waals surface area contributed by atoms with E-state index in [-0.39, 0.29) is 11.5 Å². The van der Waals surface area contributed by atoms with Crippen LogP contribution in [0.1, 0.15) is 21.5 Å². The van der Waals surface area contributed by atoms with Gasteiger partial charge in [0, 0.05) is 0 Å². The van der Waals surface area contributed by atoms with Crippen molar-refractivity contribution in [3.8, 4) is 17.2 Å². The highest BCUT2D eigenvalue weighted by Crippen LogP contribution is 2.44. The van der Waals surface area contributed by atoms with Gasteiger partial charge < -0.3 is 18.5 Å². The van der Waals surface area contributed by atoms with Crippen LogP contribution in [-0.4, -0.2) is 25.1 Å². The summed E-state index contributed by atoms with van der Waals surface area (Å²) in [4.78, 5) is 21.9. The van der Waals surface area contributed by atoms with Gasteiger partial charge in [0.25, 0.3) is 0 Å². The number of hydrogen-bond acceptors (Lipinski definition) is 6. The number of carbonyl (C=O) groups is 1. The summed E-state index contributed by atoms with van der Waals surface area (Å²) in [5, 5.41) is 0. The number of esters is 1. The number of phosphoric ester groups is 1. The highest BCUT2D eigenvalue weighted by Gasteiger charge is 2.25. The van der Waals surface area contributed by atoms with E-state index in [0.717, 1.165) is 11.1 Å². The first-order chi connectivity index (χ1) is 14.4. The van der Waals surface area contributed by atoms with Gasteiger partial charge in [0.05, 0.1) is 19.8 Å². The molecule has 0 amide bonds. The molecule has 156 valence electrons. The number of phosphoric acid groups is 1. The first-order valence-corrected chi connectivity index (χ1v) is 10.5. The number of carbonyl (C=O) groups excluding carboxylic acids is 1. The Hall–Kier alpha value is -3.28. The van der Waals surface area contributed by atoms with Crippen LogP contribution in [0.15, 0.2) is 72.8 Å². The second-order valence-electron chi connectivity index (χ2n) is 6.30. The summed E-state index contributed by atoms with van der Waals surface area (Å²) in [5.41, 5.74) is 2.20. The lowest BCUT2D eigenvalue weighted by molar-refractivity contribution is 0.0599. The van der Waals surface area contributed by atoms with Crippen LogP contribution in [0, 0.1) is 0 Å². The van der Waals surface area contributed by atoms with Crippen LogP contribution >= 0.6 is 7.82 Å². The fraction of sp³-hybridized carbons (Fsp3) is 0.136. The van der Waals surface area contributed by atoms with Crippen LogP contribution in [0.5, 0.6) is 17.2 Å². The molecule has 0 heterocycles. The molecule has 1 N–H and O–H groups in total. The van der Waals surface area contributed by atoms with E-state index in [2.05, 4.69) is 0 Å². The summed E-state index contributed by atoms with van der Waals surface area (Å²) in [7, 11) is -1.51. The molecule has 0 aliphatic heterocycles. The molecule has 0 saturated heterocycles. The van der Waals surface area contributed by atoms with E-state index in [0.29, 0.717) is 17.7 Å². The third kappa shape index (κ3) is 5.63. The highest BCUT2D eigenvalue weighted by atomic mass is 31.2. The van der Waals surface area contributed by atoms with Crippen molar-refractivity contribution in [2.24, 2.45) is 0 Å². The Morgan fingerprint density at radius 1 is 0.833 bits per heavy atom. The van der Waals surface area contributed by atoms with E-state index >= 15 is 0 Å². The Morgan fingerprint density at radius 3 is 1.93 bits per heavy atom. The van der Waals surface area contributed by atoms with Crippen molar-refractivity contribution >= 4 is 13.8 Å². The van der Waals surface area contributed by atoms with Gasteiger partial charge in [-0.15, -0.1) is 0 Å². The first-order valence-electron chi connectivity index (χ1n) is 9.01. The SMILES string of the molecule is COC(=O)c1ccccc1Cc1ccc(OP(=O)(O)Oc2ccc(OC)cc2)cc1. The molecule has 30 heavy (non-hydrogen) atoms. The maximum absolute atomic E-state index is 12.3. The maximum atomic E-state index is 12.3. The van der Waals surface area contributed by atoms with Crippen LogP contribution in [0.2, 0.25) is 0 Å². The molecule has 0 aromatic heterocycles. The smallest absolute Gasteiger partial charge is 0.497 e. The van der Waals surface area contributed by atoms with Crippen molar-refractivity contribution in [1.82, 2.24) is 0 Å². The Kier molecular flexibility index (Phi) is 6.77. The van der Waals surface area contributed by atoms with E-state index in [4.69, 9.17) is 18.5 Å². The molecule has 0 aliphatic rings. The second-order valence-corrected chi connectivity index (χ2v) is 7.60. The van der Waals surface area contributed by atoms with E-state index in [1.807, 2.05) is 12.1 Å². The van der Waals surface area contributed by atoms with Crippen LogP contribution in [0.4, 0.5) is 0 Å². The molecular weight excluding hydrogens is 407 g/mol. The van der Waals surface area contributed by atoms with E-state index < -0.39 is 13.8 Å². The molecule has 3 aromatic rings. The van der Waals surface area contributed by atoms with E-state index in [1.165, 1.54) is 26.4 Å². The van der Waals surface area contributed by atoms with Crippen LogP contribution < -0.4 is 13.8 Å². The Balaban J connectivity index is 1.67. The van der Waals surface area contributed by atoms with Gasteiger partial charge in [-0.25, -0.2) is 9.36 Å². The zero-order chi connectivity index (χ0) is 21.6.